The number of carboxylic acid groups (broad SMARTS) is 1. The minimum Gasteiger partial charge on any atom is -0.507 e. The lowest BCUT2D eigenvalue weighted by Gasteiger charge is -2.00. The number of rotatable bonds is 5. The van der Waals surface area contributed by atoms with E-state index in [0.717, 1.165) is 0 Å². The van der Waals surface area contributed by atoms with Crippen molar-refractivity contribution in [2.75, 3.05) is 6.54 Å². The van der Waals surface area contributed by atoms with Gasteiger partial charge < -0.3 is 10.2 Å². The molecule has 1 aromatic carbocycles. The Labute approximate surface area is 97.5 Å². The van der Waals surface area contributed by atoms with Gasteiger partial charge in [-0.1, -0.05) is 17.3 Å². The third kappa shape index (κ3) is 3.89. The summed E-state index contributed by atoms with van der Waals surface area (Å²) in [5.41, 5.74) is 8.58. The monoisotopic (exact) mass is 233 g/mol. The van der Waals surface area contributed by atoms with E-state index >= 15 is 0 Å². The molecule has 0 saturated carbocycles. The predicted octanol–water partition coefficient (Wildman–Crippen LogP) is 2.80. The molecule has 6 heteroatoms. The molecule has 0 fully saturated rings. The highest BCUT2D eigenvalue weighted by atomic mass is 16.4. The summed E-state index contributed by atoms with van der Waals surface area (Å²) in [7, 11) is 0. The number of phenolic OH excluding ortho intramolecular Hbond substituents is 1. The lowest BCUT2D eigenvalue weighted by molar-refractivity contribution is 0.0697. The fraction of sp³-hybridized carbons (Fsp3) is 0.182. The molecule has 1 rings (SSSR count). The average Bonchev–Trinajstić information content (AvgIpc) is 2.30. The molecule has 0 amide bonds. The van der Waals surface area contributed by atoms with Gasteiger partial charge in [0, 0.05) is 17.0 Å². The molecule has 0 atom stereocenters. The smallest absolute Gasteiger partial charge is 0.335 e. The van der Waals surface area contributed by atoms with E-state index in [0.29, 0.717) is 18.5 Å². The second-order valence-corrected chi connectivity index (χ2v) is 3.22. The van der Waals surface area contributed by atoms with Crippen LogP contribution < -0.4 is 0 Å². The Morgan fingerprint density at radius 1 is 1.53 bits per heavy atom. The van der Waals surface area contributed by atoms with E-state index in [-0.39, 0.29) is 11.3 Å². The predicted molar refractivity (Wildman–Crippen MR) is 62.7 cm³/mol. The van der Waals surface area contributed by atoms with Crippen LogP contribution in [0.5, 0.6) is 5.75 Å². The molecule has 0 aliphatic heterocycles. The molecular formula is C11H11N3O3. The number of hydrogen-bond acceptors (Lipinski definition) is 3. The molecule has 0 heterocycles. The van der Waals surface area contributed by atoms with Gasteiger partial charge >= 0.3 is 5.97 Å². The number of aromatic hydroxyl groups is 1. The van der Waals surface area contributed by atoms with Crippen LogP contribution in [0.15, 0.2) is 29.4 Å². The zero-order valence-corrected chi connectivity index (χ0v) is 8.95. The van der Waals surface area contributed by atoms with Crippen LogP contribution >= 0.6 is 0 Å². The second kappa shape index (κ2) is 6.19. The van der Waals surface area contributed by atoms with Gasteiger partial charge in [-0.2, -0.15) is 0 Å². The fourth-order valence-corrected chi connectivity index (χ4v) is 1.21. The van der Waals surface area contributed by atoms with Crippen molar-refractivity contribution >= 4 is 12.0 Å². The molecule has 0 aliphatic rings. The summed E-state index contributed by atoms with van der Waals surface area (Å²) in [6.45, 7) is 0.326. The van der Waals surface area contributed by atoms with E-state index in [2.05, 4.69) is 10.0 Å². The summed E-state index contributed by atoms with van der Waals surface area (Å²) < 4.78 is 0. The van der Waals surface area contributed by atoms with Gasteiger partial charge in [-0.15, -0.1) is 0 Å². The highest BCUT2D eigenvalue weighted by Crippen LogP contribution is 2.20. The summed E-state index contributed by atoms with van der Waals surface area (Å²) in [5, 5.41) is 21.6. The van der Waals surface area contributed by atoms with Crippen molar-refractivity contribution in [3.63, 3.8) is 0 Å². The van der Waals surface area contributed by atoms with Crippen molar-refractivity contribution in [1.82, 2.24) is 0 Å². The first-order valence-corrected chi connectivity index (χ1v) is 4.89. The number of carboxylic acids is 1. The normalized spacial score (nSPS) is 10.1. The number of aromatic carboxylic acids is 1. The molecular weight excluding hydrogens is 222 g/mol. The maximum absolute atomic E-state index is 10.7. The molecule has 6 nitrogen and oxygen atoms in total. The van der Waals surface area contributed by atoms with Gasteiger partial charge in [0.05, 0.1) is 5.56 Å². The standard InChI is InChI=1S/C11H11N3O3/c12-14-13-6-2-1-3-8-7-9(11(16)17)4-5-10(8)15/h1,3-5,7,15H,2,6H2,(H,16,17). The summed E-state index contributed by atoms with van der Waals surface area (Å²) in [6, 6.07) is 4.03. The number of carbonyl (C=O) groups is 1. The number of azide groups is 1. The molecule has 0 radical (unpaired) electrons. The second-order valence-electron chi connectivity index (χ2n) is 3.22. The summed E-state index contributed by atoms with van der Waals surface area (Å²) >= 11 is 0. The molecule has 0 aliphatic carbocycles. The molecule has 0 bridgehead atoms. The van der Waals surface area contributed by atoms with Crippen molar-refractivity contribution in [3.05, 3.63) is 45.8 Å². The molecule has 88 valence electrons. The molecule has 17 heavy (non-hydrogen) atoms. The minimum absolute atomic E-state index is 0.00929. The highest BCUT2D eigenvalue weighted by molar-refractivity contribution is 5.88. The van der Waals surface area contributed by atoms with Gasteiger partial charge in [0.15, 0.2) is 0 Å². The Morgan fingerprint density at radius 2 is 2.29 bits per heavy atom. The highest BCUT2D eigenvalue weighted by Gasteiger charge is 2.05. The SMILES string of the molecule is [N-]=[N+]=NCCC=Cc1cc(C(=O)O)ccc1O. The minimum atomic E-state index is -1.05. The van der Waals surface area contributed by atoms with E-state index in [4.69, 9.17) is 10.6 Å². The first kappa shape index (κ1) is 12.6. The van der Waals surface area contributed by atoms with Crippen molar-refractivity contribution in [2.24, 2.45) is 5.11 Å². The van der Waals surface area contributed by atoms with Crippen molar-refractivity contribution < 1.29 is 15.0 Å². The van der Waals surface area contributed by atoms with E-state index in [1.54, 1.807) is 12.2 Å². The zero-order valence-electron chi connectivity index (χ0n) is 8.95. The van der Waals surface area contributed by atoms with Crippen molar-refractivity contribution in [3.8, 4) is 5.75 Å². The van der Waals surface area contributed by atoms with Crippen LogP contribution in [0.4, 0.5) is 0 Å². The van der Waals surface area contributed by atoms with E-state index in [9.17, 15) is 9.90 Å². The molecule has 2 N–H and O–H groups in total. The Morgan fingerprint density at radius 3 is 2.94 bits per heavy atom. The van der Waals surface area contributed by atoms with Crippen LogP contribution in [0, 0.1) is 0 Å². The van der Waals surface area contributed by atoms with Crippen LogP contribution in [-0.2, 0) is 0 Å². The molecule has 0 unspecified atom stereocenters. The first-order chi connectivity index (χ1) is 8.15. The lowest BCUT2D eigenvalue weighted by Crippen LogP contribution is -1.95. The lowest BCUT2D eigenvalue weighted by atomic mass is 10.1. The van der Waals surface area contributed by atoms with Gasteiger partial charge in [0.2, 0.25) is 0 Å². The molecule has 0 saturated heterocycles. The van der Waals surface area contributed by atoms with E-state index in [1.807, 2.05) is 0 Å². The molecule has 1 aromatic rings. The van der Waals surface area contributed by atoms with Gasteiger partial charge in [-0.25, -0.2) is 4.79 Å². The average molecular weight is 233 g/mol. The summed E-state index contributed by atoms with van der Waals surface area (Å²) in [5.74, 6) is -1.04. The van der Waals surface area contributed by atoms with Crippen LogP contribution in [0.3, 0.4) is 0 Å². The largest absolute Gasteiger partial charge is 0.507 e. The molecule has 0 spiro atoms. The number of phenols is 1. The van der Waals surface area contributed by atoms with Gasteiger partial charge in [-0.05, 0) is 30.2 Å². The Hall–Kier alpha value is -2.46. The summed E-state index contributed by atoms with van der Waals surface area (Å²) in [4.78, 5) is 13.3. The maximum atomic E-state index is 10.7. The maximum Gasteiger partial charge on any atom is 0.335 e. The Bertz CT molecular complexity index is 491. The first-order valence-electron chi connectivity index (χ1n) is 4.89. The van der Waals surface area contributed by atoms with Gasteiger partial charge in [0.25, 0.3) is 0 Å². The third-order valence-electron chi connectivity index (χ3n) is 2.03. The van der Waals surface area contributed by atoms with Crippen LogP contribution in [-0.4, -0.2) is 22.7 Å². The number of hydrogen-bond donors (Lipinski definition) is 2. The van der Waals surface area contributed by atoms with Crippen LogP contribution in [0.1, 0.15) is 22.3 Å². The van der Waals surface area contributed by atoms with Crippen LogP contribution in [0.2, 0.25) is 0 Å². The Balaban J connectivity index is 2.78. The van der Waals surface area contributed by atoms with Gasteiger partial charge in [-0.3, -0.25) is 0 Å². The third-order valence-corrected chi connectivity index (χ3v) is 2.03. The zero-order chi connectivity index (χ0) is 12.7. The Kier molecular flexibility index (Phi) is 4.59. The topological polar surface area (TPSA) is 106 Å². The summed E-state index contributed by atoms with van der Waals surface area (Å²) in [6.07, 6.45) is 3.82. The fourth-order valence-electron chi connectivity index (χ4n) is 1.21. The van der Waals surface area contributed by atoms with Crippen molar-refractivity contribution in [1.29, 1.82) is 0 Å². The van der Waals surface area contributed by atoms with Crippen molar-refractivity contribution in [2.45, 2.75) is 6.42 Å². The van der Waals surface area contributed by atoms with E-state index in [1.165, 1.54) is 18.2 Å². The van der Waals surface area contributed by atoms with E-state index < -0.39 is 5.97 Å². The van der Waals surface area contributed by atoms with Crippen LogP contribution in [0.25, 0.3) is 16.5 Å². The molecule has 0 aromatic heterocycles. The number of nitrogens with zero attached hydrogens (tertiary/aromatic N) is 3. The number of benzene rings is 1. The van der Waals surface area contributed by atoms with Gasteiger partial charge in [0.1, 0.15) is 5.75 Å². The quantitative estimate of drug-likeness (QED) is 0.353.